The second-order valence-corrected chi connectivity index (χ2v) is 7.13. The number of hydrogen-bond donors (Lipinski definition) is 0. The molecule has 0 amide bonds. The first-order chi connectivity index (χ1) is 14.2. The van der Waals surface area contributed by atoms with Crippen molar-refractivity contribution < 1.29 is 4.74 Å². The van der Waals surface area contributed by atoms with Gasteiger partial charge in [0.25, 0.3) is 5.56 Å². The lowest BCUT2D eigenvalue weighted by Crippen LogP contribution is -2.27. The van der Waals surface area contributed by atoms with E-state index in [1.807, 2.05) is 65.2 Å². The summed E-state index contributed by atoms with van der Waals surface area (Å²) < 4.78 is 7.05. The minimum Gasteiger partial charge on any atom is -0.380 e. The minimum absolute atomic E-state index is 0.0133. The fraction of sp³-hybridized carbons (Fsp3) is 0.280. The molecule has 0 radical (unpaired) electrons. The van der Waals surface area contributed by atoms with Gasteiger partial charge in [0.15, 0.2) is 0 Å². The Morgan fingerprint density at radius 3 is 2.48 bits per heavy atom. The fourth-order valence-corrected chi connectivity index (χ4v) is 3.48. The predicted octanol–water partition coefficient (Wildman–Crippen LogP) is 4.92. The average molecular weight is 386 g/mol. The van der Waals surface area contributed by atoms with E-state index in [1.54, 1.807) is 7.11 Å². The van der Waals surface area contributed by atoms with Gasteiger partial charge in [-0.3, -0.25) is 4.79 Å². The zero-order valence-electron chi connectivity index (χ0n) is 17.0. The van der Waals surface area contributed by atoms with E-state index in [0.717, 1.165) is 41.6 Å². The first kappa shape index (κ1) is 20.6. The zero-order valence-corrected chi connectivity index (χ0v) is 17.0. The highest BCUT2D eigenvalue weighted by atomic mass is 16.5. The van der Waals surface area contributed by atoms with Crippen LogP contribution in [0, 0.1) is 11.3 Å². The van der Waals surface area contributed by atoms with Gasteiger partial charge in [0.2, 0.25) is 0 Å². The van der Waals surface area contributed by atoms with Crippen molar-refractivity contribution in [2.45, 2.75) is 39.3 Å². The third-order valence-electron chi connectivity index (χ3n) is 5.08. The summed E-state index contributed by atoms with van der Waals surface area (Å²) in [5.41, 5.74) is 5.37. The van der Waals surface area contributed by atoms with Gasteiger partial charge < -0.3 is 9.30 Å². The van der Waals surface area contributed by atoms with Crippen molar-refractivity contribution in [3.63, 3.8) is 0 Å². The predicted molar refractivity (Wildman–Crippen MR) is 116 cm³/mol. The first-order valence-electron chi connectivity index (χ1n) is 9.97. The molecule has 4 nitrogen and oxygen atoms in total. The second kappa shape index (κ2) is 9.86. The van der Waals surface area contributed by atoms with Crippen molar-refractivity contribution in [2.75, 3.05) is 7.11 Å². The molecule has 148 valence electrons. The van der Waals surface area contributed by atoms with E-state index in [1.165, 1.54) is 0 Å². The number of methoxy groups -OCH3 is 1. The van der Waals surface area contributed by atoms with Crippen molar-refractivity contribution in [1.29, 1.82) is 5.26 Å². The summed E-state index contributed by atoms with van der Waals surface area (Å²) in [6.45, 7) is 2.99. The van der Waals surface area contributed by atoms with E-state index < -0.39 is 0 Å². The Bertz CT molecular complexity index is 1060. The largest absolute Gasteiger partial charge is 0.380 e. The van der Waals surface area contributed by atoms with Crippen LogP contribution in [0.15, 0.2) is 65.5 Å². The van der Waals surface area contributed by atoms with Gasteiger partial charge >= 0.3 is 0 Å². The summed E-state index contributed by atoms with van der Waals surface area (Å²) in [4.78, 5) is 13.0. The Morgan fingerprint density at radius 1 is 1.03 bits per heavy atom. The number of aromatic nitrogens is 1. The summed E-state index contributed by atoms with van der Waals surface area (Å²) in [5.74, 6) is 0. The van der Waals surface area contributed by atoms with Crippen LogP contribution in [0.25, 0.3) is 11.1 Å². The van der Waals surface area contributed by atoms with Gasteiger partial charge in [-0.15, -0.1) is 0 Å². The van der Waals surface area contributed by atoms with Crippen LogP contribution in [-0.4, -0.2) is 11.7 Å². The molecule has 0 saturated carbocycles. The Kier molecular flexibility index (Phi) is 6.99. The van der Waals surface area contributed by atoms with Crippen molar-refractivity contribution in [3.8, 4) is 17.2 Å². The molecule has 0 unspecified atom stereocenters. The van der Waals surface area contributed by atoms with Crippen molar-refractivity contribution in [2.24, 2.45) is 0 Å². The minimum atomic E-state index is 0.0133. The molecule has 1 heterocycles. The molecule has 29 heavy (non-hydrogen) atoms. The standard InChI is InChI=1S/C25H26N2O2/c1-3-4-8-23-15-14-22(18-29-2)25(28)27(23)17-19-10-12-20(13-11-19)24-9-6-5-7-21(24)16-26/h5-7,9-15H,3-4,8,17-18H2,1-2H3. The van der Waals surface area contributed by atoms with Crippen LogP contribution < -0.4 is 5.56 Å². The smallest absolute Gasteiger partial charge is 0.256 e. The molecule has 0 bridgehead atoms. The molecular weight excluding hydrogens is 360 g/mol. The highest BCUT2D eigenvalue weighted by Gasteiger charge is 2.10. The normalized spacial score (nSPS) is 10.7. The fourth-order valence-electron chi connectivity index (χ4n) is 3.48. The maximum absolute atomic E-state index is 13.0. The monoisotopic (exact) mass is 386 g/mol. The molecule has 0 aliphatic heterocycles. The van der Waals surface area contributed by atoms with Gasteiger partial charge in [-0.2, -0.15) is 5.26 Å². The molecule has 0 aliphatic carbocycles. The number of rotatable bonds is 8. The Balaban J connectivity index is 1.92. The molecule has 1 aromatic heterocycles. The van der Waals surface area contributed by atoms with Crippen LogP contribution >= 0.6 is 0 Å². The number of hydrogen-bond acceptors (Lipinski definition) is 3. The summed E-state index contributed by atoms with van der Waals surface area (Å²) in [7, 11) is 1.60. The third-order valence-corrected chi connectivity index (χ3v) is 5.08. The lowest BCUT2D eigenvalue weighted by molar-refractivity contribution is 0.183. The van der Waals surface area contributed by atoms with E-state index in [-0.39, 0.29) is 5.56 Å². The average Bonchev–Trinajstić information content (AvgIpc) is 2.76. The zero-order chi connectivity index (χ0) is 20.6. The number of nitriles is 1. The van der Waals surface area contributed by atoms with Crippen molar-refractivity contribution in [3.05, 3.63) is 93.4 Å². The molecule has 0 N–H and O–H groups in total. The van der Waals surface area contributed by atoms with Crippen LogP contribution in [0.1, 0.15) is 42.1 Å². The van der Waals surface area contributed by atoms with Crippen LogP contribution in [0.4, 0.5) is 0 Å². The molecular formula is C25H26N2O2. The molecule has 0 aliphatic rings. The van der Waals surface area contributed by atoms with Crippen LogP contribution in [0.3, 0.4) is 0 Å². The highest BCUT2D eigenvalue weighted by molar-refractivity contribution is 5.70. The van der Waals surface area contributed by atoms with E-state index in [0.29, 0.717) is 24.3 Å². The van der Waals surface area contributed by atoms with Gasteiger partial charge in [-0.1, -0.05) is 55.8 Å². The maximum Gasteiger partial charge on any atom is 0.256 e. The Hall–Kier alpha value is -3.16. The number of ether oxygens (including phenoxy) is 1. The van der Waals surface area contributed by atoms with Gasteiger partial charge in [-0.05, 0) is 47.7 Å². The first-order valence-corrected chi connectivity index (χ1v) is 9.97. The quantitative estimate of drug-likeness (QED) is 0.552. The van der Waals surface area contributed by atoms with Gasteiger partial charge in [0.05, 0.1) is 24.8 Å². The van der Waals surface area contributed by atoms with Crippen LogP contribution in [0.2, 0.25) is 0 Å². The van der Waals surface area contributed by atoms with E-state index >= 15 is 0 Å². The molecule has 4 heteroatoms. The molecule has 3 aromatic rings. The van der Waals surface area contributed by atoms with Gasteiger partial charge in [0, 0.05) is 18.4 Å². The maximum atomic E-state index is 13.0. The van der Waals surface area contributed by atoms with E-state index in [4.69, 9.17) is 4.74 Å². The number of unbranched alkanes of at least 4 members (excludes halogenated alkanes) is 1. The van der Waals surface area contributed by atoms with E-state index in [2.05, 4.69) is 13.0 Å². The van der Waals surface area contributed by atoms with Crippen LogP contribution in [0.5, 0.6) is 0 Å². The molecule has 2 aromatic carbocycles. The third kappa shape index (κ3) is 4.82. The molecule has 0 spiro atoms. The lowest BCUT2D eigenvalue weighted by Gasteiger charge is -2.15. The highest BCUT2D eigenvalue weighted by Crippen LogP contribution is 2.23. The van der Waals surface area contributed by atoms with Gasteiger partial charge in [0.1, 0.15) is 0 Å². The number of benzene rings is 2. The summed E-state index contributed by atoms with van der Waals surface area (Å²) in [6, 6.07) is 21.8. The van der Waals surface area contributed by atoms with Gasteiger partial charge in [-0.25, -0.2) is 0 Å². The van der Waals surface area contributed by atoms with Crippen molar-refractivity contribution >= 4 is 0 Å². The number of nitrogens with zero attached hydrogens (tertiary/aromatic N) is 2. The van der Waals surface area contributed by atoms with Crippen LogP contribution in [-0.2, 0) is 24.3 Å². The topological polar surface area (TPSA) is 55.0 Å². The number of aryl methyl sites for hydroxylation is 1. The SMILES string of the molecule is CCCCc1ccc(COC)c(=O)n1Cc1ccc(-c2ccccc2C#N)cc1. The molecule has 0 saturated heterocycles. The molecule has 3 rings (SSSR count). The molecule has 0 fully saturated rings. The van der Waals surface area contributed by atoms with E-state index in [9.17, 15) is 10.1 Å². The summed E-state index contributed by atoms with van der Waals surface area (Å²) in [6.07, 6.45) is 3.01. The second-order valence-electron chi connectivity index (χ2n) is 7.13. The lowest BCUT2D eigenvalue weighted by atomic mass is 9.99. The molecule has 0 atom stereocenters. The Labute approximate surface area is 172 Å². The van der Waals surface area contributed by atoms with Crippen molar-refractivity contribution in [1.82, 2.24) is 4.57 Å². The summed E-state index contributed by atoms with van der Waals surface area (Å²) >= 11 is 0. The summed E-state index contributed by atoms with van der Waals surface area (Å²) in [5, 5.41) is 9.33. The number of pyridine rings is 1. The Morgan fingerprint density at radius 2 is 1.79 bits per heavy atom.